The molecule has 6 heteroatoms. The van der Waals surface area contributed by atoms with E-state index < -0.39 is 15.4 Å². The molecule has 0 saturated heterocycles. The fourth-order valence-corrected chi connectivity index (χ4v) is 0.978. The summed E-state index contributed by atoms with van der Waals surface area (Å²) < 4.78 is 31.1. The Bertz CT molecular complexity index is 203. The van der Waals surface area contributed by atoms with Gasteiger partial charge in [-0.1, -0.05) is 0 Å². The minimum Gasteiger partial charge on any atom is -0.748 e. The Morgan fingerprint density at radius 3 is 2.08 bits per heavy atom. The molecule has 4 nitrogen and oxygen atoms in total. The molecule has 0 aromatic rings. The summed E-state index contributed by atoms with van der Waals surface area (Å²) in [6, 6.07) is 0. The molecule has 0 saturated carbocycles. The van der Waals surface area contributed by atoms with Crippen molar-refractivity contribution in [2.75, 3.05) is 20.6 Å². The molecule has 0 aliphatic heterocycles. The van der Waals surface area contributed by atoms with Crippen LogP contribution < -0.4 is 29.6 Å². The van der Waals surface area contributed by atoms with Gasteiger partial charge in [-0.05, 0) is 34.0 Å². The molecular formula is C6H14NNaO3S. The standard InChI is InChI=1S/C6H15NO3S.Na/c1-6(11(8,9)10)4-5-7(2)3;/h6H,4-5H2,1-3H3,(H,8,9,10);/q;+1/p-1. The molecule has 0 aromatic carbocycles. The second kappa shape index (κ2) is 6.34. The van der Waals surface area contributed by atoms with Crippen LogP contribution in [0.15, 0.2) is 0 Å². The minimum atomic E-state index is -4.08. The second-order valence-electron chi connectivity index (χ2n) is 2.90. The monoisotopic (exact) mass is 203 g/mol. The average Bonchev–Trinajstić information content (AvgIpc) is 1.80. The third-order valence-corrected chi connectivity index (χ3v) is 2.70. The molecule has 0 aliphatic carbocycles. The van der Waals surface area contributed by atoms with Gasteiger partial charge in [-0.2, -0.15) is 0 Å². The summed E-state index contributed by atoms with van der Waals surface area (Å²) in [6.07, 6.45) is 0.402. The maximum Gasteiger partial charge on any atom is 1.00 e. The van der Waals surface area contributed by atoms with Crippen LogP contribution in [0.3, 0.4) is 0 Å². The van der Waals surface area contributed by atoms with Crippen LogP contribution in [0.5, 0.6) is 0 Å². The quantitative estimate of drug-likeness (QED) is 0.358. The maximum atomic E-state index is 10.4. The van der Waals surface area contributed by atoms with Crippen molar-refractivity contribution >= 4 is 10.1 Å². The van der Waals surface area contributed by atoms with E-state index in [2.05, 4.69) is 0 Å². The molecule has 0 radical (unpaired) electrons. The first-order valence-electron chi connectivity index (χ1n) is 3.43. The summed E-state index contributed by atoms with van der Waals surface area (Å²) in [5, 5.41) is -0.773. The summed E-state index contributed by atoms with van der Waals surface area (Å²) in [6.45, 7) is 2.06. The van der Waals surface area contributed by atoms with E-state index >= 15 is 0 Å². The molecule has 0 heterocycles. The average molecular weight is 203 g/mol. The van der Waals surface area contributed by atoms with E-state index in [9.17, 15) is 13.0 Å². The molecule has 0 N–H and O–H groups in total. The molecule has 1 unspecified atom stereocenters. The number of nitrogens with zero attached hydrogens (tertiary/aromatic N) is 1. The Kier molecular flexibility index (Phi) is 8.11. The van der Waals surface area contributed by atoms with Crippen LogP contribution in [-0.4, -0.2) is 43.8 Å². The summed E-state index contributed by atoms with van der Waals surface area (Å²) in [5.74, 6) is 0. The van der Waals surface area contributed by atoms with Gasteiger partial charge in [0.1, 0.15) is 0 Å². The van der Waals surface area contributed by atoms with Crippen molar-refractivity contribution in [3.05, 3.63) is 0 Å². The molecule has 0 bridgehead atoms. The molecule has 0 aliphatic rings. The van der Waals surface area contributed by atoms with E-state index in [1.165, 1.54) is 6.92 Å². The summed E-state index contributed by atoms with van der Waals surface area (Å²) in [4.78, 5) is 1.85. The smallest absolute Gasteiger partial charge is 0.748 e. The molecule has 0 amide bonds. The summed E-state index contributed by atoms with van der Waals surface area (Å²) in [7, 11) is -0.400. The molecular weight excluding hydrogens is 189 g/mol. The van der Waals surface area contributed by atoms with Crippen molar-refractivity contribution in [2.24, 2.45) is 0 Å². The van der Waals surface area contributed by atoms with Crippen LogP contribution in [0.25, 0.3) is 0 Å². The van der Waals surface area contributed by atoms with E-state index in [0.29, 0.717) is 13.0 Å². The Labute approximate surface area is 96.4 Å². The van der Waals surface area contributed by atoms with E-state index in [-0.39, 0.29) is 29.6 Å². The zero-order valence-electron chi connectivity index (χ0n) is 8.07. The zero-order valence-corrected chi connectivity index (χ0v) is 10.9. The minimum absolute atomic E-state index is 0. The van der Waals surface area contributed by atoms with Crippen molar-refractivity contribution in [1.82, 2.24) is 4.90 Å². The summed E-state index contributed by atoms with van der Waals surface area (Å²) in [5.41, 5.74) is 0. The van der Waals surface area contributed by atoms with Crippen LogP contribution in [0.2, 0.25) is 0 Å². The molecule has 12 heavy (non-hydrogen) atoms. The van der Waals surface area contributed by atoms with E-state index in [1.54, 1.807) is 0 Å². The fraction of sp³-hybridized carbons (Fsp3) is 1.00. The predicted octanol–water partition coefficient (Wildman–Crippen LogP) is -3.12. The van der Waals surface area contributed by atoms with Crippen molar-refractivity contribution in [3.8, 4) is 0 Å². The third-order valence-electron chi connectivity index (χ3n) is 1.48. The molecule has 0 fully saturated rings. The fourth-order valence-electron chi connectivity index (χ4n) is 0.584. The first-order valence-corrected chi connectivity index (χ1v) is 4.90. The Morgan fingerprint density at radius 1 is 1.42 bits per heavy atom. The SMILES string of the molecule is CC(CCN(C)C)S(=O)(=O)[O-].[Na+]. The number of rotatable bonds is 4. The Morgan fingerprint density at radius 2 is 1.83 bits per heavy atom. The number of hydrogen-bond acceptors (Lipinski definition) is 4. The van der Waals surface area contributed by atoms with Gasteiger partial charge in [0.05, 0.1) is 10.1 Å². The zero-order chi connectivity index (χ0) is 9.07. The van der Waals surface area contributed by atoms with Gasteiger partial charge in [-0.25, -0.2) is 8.42 Å². The van der Waals surface area contributed by atoms with E-state index in [0.717, 1.165) is 0 Å². The van der Waals surface area contributed by atoms with Crippen LogP contribution >= 0.6 is 0 Å². The molecule has 0 aromatic heterocycles. The topological polar surface area (TPSA) is 60.4 Å². The Balaban J connectivity index is 0. The van der Waals surface area contributed by atoms with Gasteiger partial charge in [0.15, 0.2) is 0 Å². The van der Waals surface area contributed by atoms with Crippen LogP contribution in [0, 0.1) is 0 Å². The molecule has 0 rings (SSSR count). The van der Waals surface area contributed by atoms with Gasteiger partial charge in [-0.3, -0.25) is 0 Å². The van der Waals surface area contributed by atoms with Crippen molar-refractivity contribution in [3.63, 3.8) is 0 Å². The van der Waals surface area contributed by atoms with Gasteiger partial charge in [-0.15, -0.1) is 0 Å². The molecule has 0 spiro atoms. The van der Waals surface area contributed by atoms with Gasteiger partial charge in [0, 0.05) is 5.25 Å². The van der Waals surface area contributed by atoms with E-state index in [4.69, 9.17) is 0 Å². The largest absolute Gasteiger partial charge is 1.00 e. The molecule has 1 atom stereocenters. The first-order chi connectivity index (χ1) is 4.84. The van der Waals surface area contributed by atoms with Crippen LogP contribution in [0.4, 0.5) is 0 Å². The van der Waals surface area contributed by atoms with Gasteiger partial charge in [0.25, 0.3) is 0 Å². The predicted molar refractivity (Wildman–Crippen MR) is 42.3 cm³/mol. The van der Waals surface area contributed by atoms with Crippen LogP contribution in [-0.2, 0) is 10.1 Å². The summed E-state index contributed by atoms with van der Waals surface area (Å²) >= 11 is 0. The van der Waals surface area contributed by atoms with Crippen LogP contribution in [0.1, 0.15) is 13.3 Å². The third kappa shape index (κ3) is 7.52. The van der Waals surface area contributed by atoms with Gasteiger partial charge in [0.2, 0.25) is 0 Å². The van der Waals surface area contributed by atoms with E-state index in [1.807, 2.05) is 19.0 Å². The van der Waals surface area contributed by atoms with Crippen molar-refractivity contribution in [1.29, 1.82) is 0 Å². The van der Waals surface area contributed by atoms with Gasteiger partial charge >= 0.3 is 29.6 Å². The first kappa shape index (κ1) is 15.3. The van der Waals surface area contributed by atoms with Crippen molar-refractivity contribution < 1.29 is 42.5 Å². The van der Waals surface area contributed by atoms with Gasteiger partial charge < -0.3 is 9.45 Å². The Hall–Kier alpha value is 0.870. The maximum absolute atomic E-state index is 10.4. The molecule has 68 valence electrons. The second-order valence-corrected chi connectivity index (χ2v) is 4.69. The van der Waals surface area contributed by atoms with Crippen molar-refractivity contribution in [2.45, 2.75) is 18.6 Å². The normalized spacial score (nSPS) is 14.1. The number of hydrogen-bond donors (Lipinski definition) is 0.